The van der Waals surface area contributed by atoms with Crippen LogP contribution in [0.5, 0.6) is 0 Å². The third-order valence-corrected chi connectivity index (χ3v) is 4.74. The minimum Gasteiger partial charge on any atom is -0.378 e. The first-order chi connectivity index (χ1) is 11.7. The number of hydrogen-bond acceptors (Lipinski definition) is 4. The van der Waals surface area contributed by atoms with Gasteiger partial charge in [0.15, 0.2) is 0 Å². The van der Waals surface area contributed by atoms with Gasteiger partial charge >= 0.3 is 0 Å². The van der Waals surface area contributed by atoms with Crippen LogP contribution in [0.3, 0.4) is 0 Å². The lowest BCUT2D eigenvalue weighted by Gasteiger charge is -2.39. The van der Waals surface area contributed by atoms with E-state index in [0.717, 1.165) is 12.0 Å². The van der Waals surface area contributed by atoms with Gasteiger partial charge in [0, 0.05) is 38.3 Å². The van der Waals surface area contributed by atoms with Gasteiger partial charge < -0.3 is 19.9 Å². The fourth-order valence-corrected chi connectivity index (χ4v) is 3.35. The van der Waals surface area contributed by atoms with Crippen LogP contribution in [0, 0.1) is 0 Å². The summed E-state index contributed by atoms with van der Waals surface area (Å²) in [5.74, 6) is -0.0200. The van der Waals surface area contributed by atoms with Crippen LogP contribution in [-0.4, -0.2) is 73.6 Å². The summed E-state index contributed by atoms with van der Waals surface area (Å²) in [5.41, 5.74) is 1.74. The summed E-state index contributed by atoms with van der Waals surface area (Å²) in [6.45, 7) is 6.16. The highest BCUT2D eigenvalue weighted by Crippen LogP contribution is 2.17. The summed E-state index contributed by atoms with van der Waals surface area (Å²) in [6.07, 6.45) is 0.802. The molecule has 24 heavy (non-hydrogen) atoms. The van der Waals surface area contributed by atoms with E-state index in [1.807, 2.05) is 36.1 Å². The molecule has 1 N–H and O–H groups in total. The molecule has 1 aromatic rings. The van der Waals surface area contributed by atoms with Crippen LogP contribution in [-0.2, 0) is 16.0 Å². The minimum atomic E-state index is -0.436. The highest BCUT2D eigenvalue weighted by molar-refractivity contribution is 5.99. The van der Waals surface area contributed by atoms with Crippen molar-refractivity contribution in [2.24, 2.45) is 0 Å². The standard InChI is InChI=1S/C18H25N3O3/c1-2-14-5-3-4-6-15(14)17(22)21-8-7-19-13-16(21)18(23)20-9-11-24-12-10-20/h3-6,16,19H,2,7-13H2,1H3/t16-/m0/s1. The first-order valence-electron chi connectivity index (χ1n) is 8.68. The van der Waals surface area contributed by atoms with Gasteiger partial charge in [0.25, 0.3) is 5.91 Å². The molecule has 0 bridgehead atoms. The lowest BCUT2D eigenvalue weighted by Crippen LogP contribution is -2.61. The van der Waals surface area contributed by atoms with Crippen molar-refractivity contribution in [3.8, 4) is 0 Å². The molecule has 2 fully saturated rings. The minimum absolute atomic E-state index is 0.0211. The number of piperazine rings is 1. The van der Waals surface area contributed by atoms with E-state index >= 15 is 0 Å². The fraction of sp³-hybridized carbons (Fsp3) is 0.556. The molecule has 1 atom stereocenters. The maximum atomic E-state index is 13.1. The monoisotopic (exact) mass is 331 g/mol. The van der Waals surface area contributed by atoms with Crippen molar-refractivity contribution in [1.82, 2.24) is 15.1 Å². The first-order valence-corrected chi connectivity index (χ1v) is 8.68. The Hall–Kier alpha value is -1.92. The second kappa shape index (κ2) is 7.77. The second-order valence-electron chi connectivity index (χ2n) is 6.17. The van der Waals surface area contributed by atoms with Crippen LogP contribution in [0.2, 0.25) is 0 Å². The SMILES string of the molecule is CCc1ccccc1C(=O)N1CCNC[C@H]1C(=O)N1CCOCC1. The predicted octanol–water partition coefficient (Wildman–Crippen LogP) is 0.522. The Kier molecular flexibility index (Phi) is 5.48. The molecule has 2 amide bonds. The van der Waals surface area contributed by atoms with Crippen molar-refractivity contribution in [2.75, 3.05) is 45.9 Å². The molecule has 3 rings (SSSR count). The van der Waals surface area contributed by atoms with E-state index in [-0.39, 0.29) is 11.8 Å². The smallest absolute Gasteiger partial charge is 0.254 e. The number of nitrogens with zero attached hydrogens (tertiary/aromatic N) is 2. The average Bonchev–Trinajstić information content (AvgIpc) is 2.67. The molecule has 2 aliphatic heterocycles. The number of aryl methyl sites for hydroxylation is 1. The largest absolute Gasteiger partial charge is 0.378 e. The molecule has 0 spiro atoms. The Morgan fingerprint density at radius 1 is 1.21 bits per heavy atom. The third-order valence-electron chi connectivity index (χ3n) is 4.74. The Bertz CT molecular complexity index is 599. The summed E-state index contributed by atoms with van der Waals surface area (Å²) in [6, 6.07) is 7.24. The van der Waals surface area contributed by atoms with Gasteiger partial charge in [-0.2, -0.15) is 0 Å². The van der Waals surface area contributed by atoms with E-state index in [1.54, 1.807) is 4.90 Å². The Morgan fingerprint density at radius 2 is 1.96 bits per heavy atom. The number of carbonyl (C=O) groups excluding carboxylic acids is 2. The first kappa shape index (κ1) is 16.9. The molecular weight excluding hydrogens is 306 g/mol. The van der Waals surface area contributed by atoms with Gasteiger partial charge in [-0.1, -0.05) is 25.1 Å². The van der Waals surface area contributed by atoms with Crippen LogP contribution < -0.4 is 5.32 Å². The highest BCUT2D eigenvalue weighted by atomic mass is 16.5. The van der Waals surface area contributed by atoms with Crippen molar-refractivity contribution in [3.63, 3.8) is 0 Å². The van der Waals surface area contributed by atoms with Crippen molar-refractivity contribution in [1.29, 1.82) is 0 Å². The number of benzene rings is 1. The molecule has 2 saturated heterocycles. The summed E-state index contributed by atoms with van der Waals surface area (Å²) in [4.78, 5) is 29.5. The number of morpholine rings is 1. The molecule has 130 valence electrons. The van der Waals surface area contributed by atoms with Gasteiger partial charge in [-0.25, -0.2) is 0 Å². The van der Waals surface area contributed by atoms with Gasteiger partial charge in [-0.3, -0.25) is 9.59 Å². The summed E-state index contributed by atoms with van der Waals surface area (Å²) in [7, 11) is 0. The number of amides is 2. The molecule has 0 unspecified atom stereocenters. The van der Waals surface area contributed by atoms with E-state index in [2.05, 4.69) is 5.32 Å². The molecule has 6 nitrogen and oxygen atoms in total. The number of rotatable bonds is 3. The Labute approximate surface area is 142 Å². The summed E-state index contributed by atoms with van der Waals surface area (Å²) in [5, 5.41) is 3.25. The van der Waals surface area contributed by atoms with Crippen LogP contribution in [0.1, 0.15) is 22.8 Å². The molecule has 1 aromatic carbocycles. The van der Waals surface area contributed by atoms with Crippen molar-refractivity contribution in [2.45, 2.75) is 19.4 Å². The molecule has 6 heteroatoms. The zero-order chi connectivity index (χ0) is 16.9. The molecule has 0 aliphatic carbocycles. The van der Waals surface area contributed by atoms with Crippen molar-refractivity contribution in [3.05, 3.63) is 35.4 Å². The van der Waals surface area contributed by atoms with Gasteiger partial charge in [0.2, 0.25) is 5.91 Å². The normalized spacial score (nSPS) is 21.6. The topological polar surface area (TPSA) is 61.9 Å². The fourth-order valence-electron chi connectivity index (χ4n) is 3.35. The Morgan fingerprint density at radius 3 is 2.71 bits per heavy atom. The van der Waals surface area contributed by atoms with Gasteiger partial charge in [-0.15, -0.1) is 0 Å². The summed E-state index contributed by atoms with van der Waals surface area (Å²) >= 11 is 0. The van der Waals surface area contributed by atoms with E-state index in [9.17, 15) is 9.59 Å². The van der Waals surface area contributed by atoms with Crippen LogP contribution in [0.15, 0.2) is 24.3 Å². The maximum Gasteiger partial charge on any atom is 0.254 e. The second-order valence-corrected chi connectivity index (χ2v) is 6.17. The maximum absolute atomic E-state index is 13.1. The third kappa shape index (κ3) is 3.44. The van der Waals surface area contributed by atoms with Gasteiger partial charge in [-0.05, 0) is 18.1 Å². The van der Waals surface area contributed by atoms with E-state index in [1.165, 1.54) is 0 Å². The van der Waals surface area contributed by atoms with Crippen molar-refractivity contribution < 1.29 is 14.3 Å². The number of nitrogens with one attached hydrogen (secondary N) is 1. The van der Waals surface area contributed by atoms with E-state index < -0.39 is 6.04 Å². The van der Waals surface area contributed by atoms with Crippen molar-refractivity contribution >= 4 is 11.8 Å². The predicted molar refractivity (Wildman–Crippen MR) is 90.9 cm³/mol. The number of hydrogen-bond donors (Lipinski definition) is 1. The molecule has 0 radical (unpaired) electrons. The van der Waals surface area contributed by atoms with Gasteiger partial charge in [0.1, 0.15) is 6.04 Å². The molecule has 0 aromatic heterocycles. The van der Waals surface area contributed by atoms with E-state index in [0.29, 0.717) is 51.5 Å². The zero-order valence-electron chi connectivity index (χ0n) is 14.2. The van der Waals surface area contributed by atoms with Gasteiger partial charge in [0.05, 0.1) is 13.2 Å². The zero-order valence-corrected chi connectivity index (χ0v) is 14.2. The highest BCUT2D eigenvalue weighted by Gasteiger charge is 2.36. The lowest BCUT2D eigenvalue weighted by molar-refractivity contribution is -0.140. The quantitative estimate of drug-likeness (QED) is 0.877. The van der Waals surface area contributed by atoms with E-state index in [4.69, 9.17) is 4.74 Å². The molecule has 2 heterocycles. The molecule has 2 aliphatic rings. The lowest BCUT2D eigenvalue weighted by atomic mass is 10.0. The summed E-state index contributed by atoms with van der Waals surface area (Å²) < 4.78 is 5.32. The average molecular weight is 331 g/mol. The van der Waals surface area contributed by atoms with Crippen LogP contribution in [0.25, 0.3) is 0 Å². The number of ether oxygens (including phenoxy) is 1. The van der Waals surface area contributed by atoms with Crippen LogP contribution in [0.4, 0.5) is 0 Å². The Balaban J connectivity index is 1.81. The number of carbonyl (C=O) groups is 2. The molecular formula is C18H25N3O3. The van der Waals surface area contributed by atoms with Crippen LogP contribution >= 0.6 is 0 Å². The molecule has 0 saturated carbocycles.